The fourth-order valence-corrected chi connectivity index (χ4v) is 17.5. The van der Waals surface area contributed by atoms with Crippen LogP contribution in [0.2, 0.25) is 25.2 Å². The molecule has 0 aromatic heterocycles. The van der Waals surface area contributed by atoms with Crippen molar-refractivity contribution in [2.45, 2.75) is 234 Å². The normalized spacial score (nSPS) is 15.2. The van der Waals surface area contributed by atoms with E-state index in [1.54, 1.807) is 0 Å². The summed E-state index contributed by atoms with van der Waals surface area (Å²) in [7, 11) is -4.03. The van der Waals surface area contributed by atoms with Crippen LogP contribution in [0.1, 0.15) is 187 Å². The van der Waals surface area contributed by atoms with Gasteiger partial charge in [0.25, 0.3) is 0 Å². The van der Waals surface area contributed by atoms with Crippen LogP contribution in [0, 0.1) is 0 Å². The van der Waals surface area contributed by atoms with Gasteiger partial charge in [-0.1, -0.05) is 132 Å². The van der Waals surface area contributed by atoms with Gasteiger partial charge >= 0.3 is 17.1 Å². The highest BCUT2D eigenvalue weighted by Crippen LogP contribution is 2.50. The minimum Gasteiger partial charge on any atom is -0.395 e. The predicted molar refractivity (Wildman–Crippen MR) is 268 cm³/mol. The molecule has 0 bridgehead atoms. The van der Waals surface area contributed by atoms with E-state index in [4.69, 9.17) is 17.7 Å². The zero-order valence-corrected chi connectivity index (χ0v) is 45.6. The van der Waals surface area contributed by atoms with E-state index in [9.17, 15) is 0 Å². The molecule has 0 saturated carbocycles. The van der Waals surface area contributed by atoms with Crippen LogP contribution in [0.15, 0.2) is 0 Å². The van der Waals surface area contributed by atoms with Crippen molar-refractivity contribution in [1.29, 1.82) is 0 Å². The maximum absolute atomic E-state index is 6.13. The smallest absolute Gasteiger partial charge is 0.334 e. The number of thioether (sulfide) groups is 1. The van der Waals surface area contributed by atoms with Crippen LogP contribution in [0.4, 0.5) is 0 Å². The molecular formula is C48H106N4O4SSi2. The molecular weight excluding hydrogens is 785 g/mol. The number of unbranched alkanes of at least 4 members (excludes halogenated alkanes) is 10. The molecule has 0 fully saturated rings. The first-order valence-electron chi connectivity index (χ1n) is 25.4. The summed E-state index contributed by atoms with van der Waals surface area (Å²) in [5.74, 6) is 0. The summed E-state index contributed by atoms with van der Waals surface area (Å²) in [6.07, 6.45) is 18.8. The van der Waals surface area contributed by atoms with Crippen LogP contribution in [-0.4, -0.2) is 137 Å². The van der Waals surface area contributed by atoms with Crippen LogP contribution in [0.25, 0.3) is 0 Å². The number of hydrogen-bond donors (Lipinski definition) is 0. The van der Waals surface area contributed by atoms with Crippen LogP contribution >= 0.6 is 11.8 Å². The quantitative estimate of drug-likeness (QED) is 0.0339. The zero-order valence-electron chi connectivity index (χ0n) is 42.8. The first-order chi connectivity index (χ1) is 28.2. The maximum Gasteiger partial charge on any atom is 0.334 e. The van der Waals surface area contributed by atoms with E-state index < -0.39 is 17.1 Å². The minimum absolute atomic E-state index is 0.0748. The van der Waals surface area contributed by atoms with Crippen LogP contribution < -0.4 is 0 Å². The van der Waals surface area contributed by atoms with E-state index in [0.29, 0.717) is 12.3 Å². The van der Waals surface area contributed by atoms with Crippen molar-refractivity contribution < 1.29 is 17.7 Å². The molecule has 2 unspecified atom stereocenters. The van der Waals surface area contributed by atoms with Gasteiger partial charge in [0.1, 0.15) is 0 Å². The number of rotatable bonds is 42. The van der Waals surface area contributed by atoms with Crippen molar-refractivity contribution >= 4 is 28.9 Å². The lowest BCUT2D eigenvalue weighted by molar-refractivity contribution is 0.0169. The molecule has 0 aliphatic carbocycles. The van der Waals surface area contributed by atoms with Crippen LogP contribution in [-0.2, 0) is 17.7 Å². The fraction of sp³-hybridized carbons (Fsp3) is 1.00. The summed E-state index contributed by atoms with van der Waals surface area (Å²) < 4.78 is 24.7. The third-order valence-corrected chi connectivity index (χ3v) is 21.0. The van der Waals surface area contributed by atoms with Crippen molar-refractivity contribution in [2.75, 3.05) is 78.8 Å². The first-order valence-corrected chi connectivity index (χ1v) is 31.3. The van der Waals surface area contributed by atoms with Crippen molar-refractivity contribution in [3.05, 3.63) is 0 Å². The second-order valence-corrected chi connectivity index (χ2v) is 26.4. The van der Waals surface area contributed by atoms with E-state index in [2.05, 4.69) is 141 Å². The minimum atomic E-state index is -2.02. The van der Waals surface area contributed by atoms with Gasteiger partial charge in [0.2, 0.25) is 0 Å². The zero-order chi connectivity index (χ0) is 44.8. The first kappa shape index (κ1) is 59.5. The summed E-state index contributed by atoms with van der Waals surface area (Å²) in [6, 6.07) is 2.23. The van der Waals surface area contributed by atoms with Crippen molar-refractivity contribution in [3.63, 3.8) is 0 Å². The molecule has 0 aromatic rings. The molecule has 0 saturated heterocycles. The lowest BCUT2D eigenvalue weighted by atomic mass is 9.94. The van der Waals surface area contributed by atoms with Gasteiger partial charge in [0.05, 0.1) is 12.3 Å². The van der Waals surface area contributed by atoms with Gasteiger partial charge in [-0.2, -0.15) is 0 Å². The number of nitrogens with zero attached hydrogens (tertiary/aromatic N) is 4. The van der Waals surface area contributed by atoms with Crippen LogP contribution in [0.3, 0.4) is 0 Å². The molecule has 356 valence electrons. The highest BCUT2D eigenvalue weighted by molar-refractivity contribution is 8.02. The Morgan fingerprint density at radius 3 is 0.814 bits per heavy atom. The Balaban J connectivity index is 6.45. The Labute approximate surface area is 377 Å². The Hall–Kier alpha value is 0.464. The molecule has 0 heterocycles. The molecule has 0 aliphatic heterocycles. The predicted octanol–water partition coefficient (Wildman–Crippen LogP) is 13.0. The highest BCUT2D eigenvalue weighted by atomic mass is 32.2. The van der Waals surface area contributed by atoms with Crippen LogP contribution in [0.5, 0.6) is 0 Å². The SMILES string of the molecule is CCO[Si](C)(CCCCCCCCC(C)(SC(C)(CCCCCCCC[Si](C)(OCC)OCC)C(N(CC)CC)N(CC)CC)C(N(CC)CC)N(CC)CC)OCC. The summed E-state index contributed by atoms with van der Waals surface area (Å²) in [6.45, 7) is 49.1. The van der Waals surface area contributed by atoms with Crippen molar-refractivity contribution in [2.24, 2.45) is 0 Å². The molecule has 0 spiro atoms. The Morgan fingerprint density at radius 1 is 0.373 bits per heavy atom. The molecule has 0 aliphatic rings. The van der Waals surface area contributed by atoms with Gasteiger partial charge in [0.15, 0.2) is 0 Å². The maximum atomic E-state index is 6.13. The van der Waals surface area contributed by atoms with Gasteiger partial charge in [-0.25, -0.2) is 0 Å². The van der Waals surface area contributed by atoms with Gasteiger partial charge in [-0.15, -0.1) is 11.8 Å². The summed E-state index contributed by atoms with van der Waals surface area (Å²) in [5, 5.41) is 0. The third-order valence-electron chi connectivity index (χ3n) is 13.1. The van der Waals surface area contributed by atoms with E-state index >= 15 is 0 Å². The third kappa shape index (κ3) is 21.8. The Bertz CT molecular complexity index is 865. The van der Waals surface area contributed by atoms with Gasteiger partial charge in [-0.05, 0) is 132 Å². The molecule has 0 radical (unpaired) electrons. The topological polar surface area (TPSA) is 49.9 Å². The molecule has 59 heavy (non-hydrogen) atoms. The molecule has 2 atom stereocenters. The van der Waals surface area contributed by atoms with E-state index in [1.807, 2.05) is 0 Å². The molecule has 0 aromatic carbocycles. The second-order valence-electron chi connectivity index (χ2n) is 17.6. The lowest BCUT2D eigenvalue weighted by Gasteiger charge is -2.55. The van der Waals surface area contributed by atoms with E-state index in [0.717, 1.165) is 90.9 Å². The average Bonchev–Trinajstić information content (AvgIpc) is 3.20. The van der Waals surface area contributed by atoms with Crippen molar-refractivity contribution in [3.8, 4) is 0 Å². The van der Waals surface area contributed by atoms with Gasteiger partial charge in [0, 0.05) is 35.9 Å². The second kappa shape index (κ2) is 33.9. The van der Waals surface area contributed by atoms with Crippen molar-refractivity contribution in [1.82, 2.24) is 19.6 Å². The summed E-state index contributed by atoms with van der Waals surface area (Å²) >= 11 is 2.40. The molecule has 0 N–H and O–H groups in total. The molecule has 0 amide bonds. The summed E-state index contributed by atoms with van der Waals surface area (Å²) in [5.41, 5.74) is 0. The van der Waals surface area contributed by atoms with E-state index in [1.165, 1.54) is 89.9 Å². The average molecular weight is 892 g/mol. The molecule has 8 nitrogen and oxygen atoms in total. The highest BCUT2D eigenvalue weighted by Gasteiger charge is 2.49. The summed E-state index contributed by atoms with van der Waals surface area (Å²) in [4.78, 5) is 11.2. The van der Waals surface area contributed by atoms with Gasteiger partial charge in [-0.3, -0.25) is 19.6 Å². The Morgan fingerprint density at radius 2 is 0.593 bits per heavy atom. The largest absolute Gasteiger partial charge is 0.395 e. The fourth-order valence-electron chi connectivity index (χ4n) is 10.1. The molecule has 11 heteroatoms. The van der Waals surface area contributed by atoms with E-state index in [-0.39, 0.29) is 9.49 Å². The van der Waals surface area contributed by atoms with Gasteiger partial charge < -0.3 is 17.7 Å². The monoisotopic (exact) mass is 891 g/mol. The standard InChI is InChI=1S/C48H106N4O4SSi2/c1-17-49(18-2)45(50(19-3)20-4)47(13,41-37-33-29-31-35-39-43-58(15,53-25-9)54-26-10)57-48(14,46(51(21-5)22-6)52(23-7)24-8)42-38-34-30-32-36-40-44-59(16,55-27-11)56-28-12/h45-46H,17-44H2,1-16H3. The molecule has 0 rings (SSSR count). The number of hydrogen-bond acceptors (Lipinski definition) is 9. The lowest BCUT2D eigenvalue weighted by Crippen LogP contribution is -2.64. The Kier molecular flexibility index (Phi) is 34.2.